The monoisotopic (exact) mass is 233 g/mol. The van der Waals surface area contributed by atoms with Crippen molar-refractivity contribution in [3.8, 4) is 12.8 Å². The predicted octanol–water partition coefficient (Wildman–Crippen LogP) is 2.64. The topological polar surface area (TPSA) is 20.3 Å². The maximum absolute atomic E-state index is 13.4. The lowest BCUT2D eigenvalue weighted by Crippen LogP contribution is -2.33. The van der Waals surface area contributed by atoms with Crippen molar-refractivity contribution in [3.63, 3.8) is 0 Å². The molecule has 1 aromatic carbocycles. The van der Waals surface area contributed by atoms with Gasteiger partial charge in [-0.05, 0) is 44.0 Å². The van der Waals surface area contributed by atoms with E-state index >= 15 is 0 Å². The Kier molecular flexibility index (Phi) is 3.28. The third-order valence-corrected chi connectivity index (χ3v) is 3.15. The molecule has 0 saturated heterocycles. The van der Waals surface area contributed by atoms with Crippen molar-refractivity contribution in [1.29, 1.82) is 0 Å². The summed E-state index contributed by atoms with van der Waals surface area (Å²) in [6, 6.07) is 3.21. The Morgan fingerprint density at radius 3 is 2.35 bits per heavy atom. The number of terminal acetylenes is 1. The second-order valence-electron chi connectivity index (χ2n) is 4.61. The van der Waals surface area contributed by atoms with Crippen LogP contribution in [0.4, 0.5) is 10.1 Å². The molecule has 0 N–H and O–H groups in total. The van der Waals surface area contributed by atoms with E-state index in [1.807, 2.05) is 13.8 Å². The molecule has 0 aromatic heterocycles. The number of halogens is 1. The minimum Gasteiger partial charge on any atom is -0.314 e. The summed E-state index contributed by atoms with van der Waals surface area (Å²) < 4.78 is 13.4. The first kappa shape index (κ1) is 13.2. The standard InChI is InChI=1S/C12H14FNO.C2H2/c1-7-5-10-8(6-9(7)13)12(2,3)11(15)14(10)4;1-2/h5-6H,1-4H3;1-2H. The molecule has 0 radical (unpaired) electrons. The zero-order chi connectivity index (χ0) is 13.4. The summed E-state index contributed by atoms with van der Waals surface area (Å²) in [4.78, 5) is 13.5. The van der Waals surface area contributed by atoms with Crippen LogP contribution >= 0.6 is 0 Å². The van der Waals surface area contributed by atoms with E-state index < -0.39 is 5.41 Å². The van der Waals surface area contributed by atoms with Crippen molar-refractivity contribution in [3.05, 3.63) is 29.1 Å². The molecule has 3 heteroatoms. The fourth-order valence-corrected chi connectivity index (χ4v) is 2.09. The number of amides is 1. The van der Waals surface area contributed by atoms with Gasteiger partial charge in [-0.15, -0.1) is 12.8 Å². The fourth-order valence-electron chi connectivity index (χ4n) is 2.09. The Morgan fingerprint density at radius 2 is 1.82 bits per heavy atom. The van der Waals surface area contributed by atoms with Crippen molar-refractivity contribution < 1.29 is 9.18 Å². The number of anilines is 1. The minimum absolute atomic E-state index is 0.0162. The number of carbonyl (C=O) groups excluding carboxylic acids is 1. The SMILES string of the molecule is C#C.Cc1cc2c(cc1F)C(C)(C)C(=O)N2C. The van der Waals surface area contributed by atoms with Gasteiger partial charge in [0.2, 0.25) is 5.91 Å². The van der Waals surface area contributed by atoms with E-state index in [0.717, 1.165) is 11.3 Å². The molecule has 0 unspecified atom stereocenters. The Balaban J connectivity index is 0.000000686. The van der Waals surface area contributed by atoms with Gasteiger partial charge in [0.1, 0.15) is 5.82 Å². The van der Waals surface area contributed by atoms with Crippen molar-refractivity contribution in [1.82, 2.24) is 0 Å². The summed E-state index contributed by atoms with van der Waals surface area (Å²) in [5.74, 6) is -0.229. The van der Waals surface area contributed by atoms with Gasteiger partial charge >= 0.3 is 0 Å². The number of aryl methyl sites for hydroxylation is 1. The number of carbonyl (C=O) groups is 1. The van der Waals surface area contributed by atoms with E-state index in [0.29, 0.717) is 5.56 Å². The van der Waals surface area contributed by atoms with Crippen LogP contribution in [0.15, 0.2) is 12.1 Å². The Bertz CT molecular complexity index is 488. The van der Waals surface area contributed by atoms with Crippen LogP contribution in [-0.4, -0.2) is 13.0 Å². The number of fused-ring (bicyclic) bond motifs is 1. The highest BCUT2D eigenvalue weighted by Crippen LogP contribution is 2.41. The normalized spacial score (nSPS) is 16.2. The highest BCUT2D eigenvalue weighted by molar-refractivity contribution is 6.07. The van der Waals surface area contributed by atoms with Crippen LogP contribution in [0, 0.1) is 25.6 Å². The highest BCUT2D eigenvalue weighted by atomic mass is 19.1. The van der Waals surface area contributed by atoms with Crippen molar-refractivity contribution in [2.45, 2.75) is 26.2 Å². The molecule has 0 spiro atoms. The highest BCUT2D eigenvalue weighted by Gasteiger charge is 2.42. The summed E-state index contributed by atoms with van der Waals surface area (Å²) in [7, 11) is 1.73. The van der Waals surface area contributed by atoms with E-state index in [4.69, 9.17) is 0 Å². The van der Waals surface area contributed by atoms with E-state index in [1.54, 1.807) is 24.9 Å². The molecule has 0 bridgehead atoms. The molecule has 1 aromatic rings. The van der Waals surface area contributed by atoms with Gasteiger partial charge in [0.05, 0.1) is 5.41 Å². The number of likely N-dealkylation sites (N-methyl/N-ethyl adjacent to an activating group) is 1. The van der Waals surface area contributed by atoms with Crippen LogP contribution in [0.3, 0.4) is 0 Å². The van der Waals surface area contributed by atoms with Gasteiger partial charge < -0.3 is 4.90 Å². The number of hydrogen-bond donors (Lipinski definition) is 0. The van der Waals surface area contributed by atoms with Crippen LogP contribution in [0.5, 0.6) is 0 Å². The maximum atomic E-state index is 13.4. The molecule has 17 heavy (non-hydrogen) atoms. The van der Waals surface area contributed by atoms with Gasteiger partial charge in [0.25, 0.3) is 0 Å². The maximum Gasteiger partial charge on any atom is 0.236 e. The Labute approximate surface area is 101 Å². The average molecular weight is 233 g/mol. The quantitative estimate of drug-likeness (QED) is 0.631. The van der Waals surface area contributed by atoms with Crippen molar-refractivity contribution >= 4 is 11.6 Å². The second kappa shape index (κ2) is 4.21. The van der Waals surface area contributed by atoms with Gasteiger partial charge in [0, 0.05) is 12.7 Å². The lowest BCUT2D eigenvalue weighted by Gasteiger charge is -2.16. The fraction of sp³-hybridized carbons (Fsp3) is 0.357. The Morgan fingerprint density at radius 1 is 1.29 bits per heavy atom. The Hall–Kier alpha value is -1.82. The number of benzene rings is 1. The predicted molar refractivity (Wildman–Crippen MR) is 67.5 cm³/mol. The lowest BCUT2D eigenvalue weighted by atomic mass is 9.86. The number of hydrogen-bond acceptors (Lipinski definition) is 1. The summed E-state index contributed by atoms with van der Waals surface area (Å²) in [6.07, 6.45) is 8.00. The third-order valence-electron chi connectivity index (χ3n) is 3.15. The number of rotatable bonds is 0. The van der Waals surface area contributed by atoms with Gasteiger partial charge in [0.15, 0.2) is 0 Å². The van der Waals surface area contributed by atoms with Gasteiger partial charge in [-0.1, -0.05) is 0 Å². The molecule has 1 amide bonds. The molecule has 0 aliphatic carbocycles. The summed E-state index contributed by atoms with van der Waals surface area (Å²) in [5, 5.41) is 0. The molecule has 0 saturated carbocycles. The molecule has 2 rings (SSSR count). The molecule has 1 aliphatic heterocycles. The van der Waals surface area contributed by atoms with Gasteiger partial charge in [-0.3, -0.25) is 4.79 Å². The second-order valence-corrected chi connectivity index (χ2v) is 4.61. The molecule has 0 atom stereocenters. The first-order valence-electron chi connectivity index (χ1n) is 5.28. The van der Waals surface area contributed by atoms with Crippen molar-refractivity contribution in [2.75, 3.05) is 11.9 Å². The minimum atomic E-state index is -0.612. The van der Waals surface area contributed by atoms with E-state index in [2.05, 4.69) is 12.8 Å². The molecule has 90 valence electrons. The zero-order valence-electron chi connectivity index (χ0n) is 10.5. The zero-order valence-corrected chi connectivity index (χ0v) is 10.5. The smallest absolute Gasteiger partial charge is 0.236 e. The van der Waals surface area contributed by atoms with Gasteiger partial charge in [-0.2, -0.15) is 0 Å². The van der Waals surface area contributed by atoms with Crippen LogP contribution in [0.1, 0.15) is 25.0 Å². The van der Waals surface area contributed by atoms with Crippen LogP contribution < -0.4 is 4.90 Å². The number of nitrogens with zero attached hydrogens (tertiary/aromatic N) is 1. The summed E-state index contributed by atoms with van der Waals surface area (Å²) in [6.45, 7) is 5.36. The third kappa shape index (κ3) is 1.80. The molecule has 1 heterocycles. The molecule has 0 fully saturated rings. The molecule has 1 aliphatic rings. The van der Waals surface area contributed by atoms with Crippen LogP contribution in [-0.2, 0) is 10.2 Å². The molecular formula is C14H16FNO. The first-order valence-corrected chi connectivity index (χ1v) is 5.28. The van der Waals surface area contributed by atoms with Crippen LogP contribution in [0.2, 0.25) is 0 Å². The first-order chi connectivity index (χ1) is 7.85. The largest absolute Gasteiger partial charge is 0.314 e. The van der Waals surface area contributed by atoms with E-state index in [-0.39, 0.29) is 11.7 Å². The van der Waals surface area contributed by atoms with E-state index in [9.17, 15) is 9.18 Å². The average Bonchev–Trinajstić information content (AvgIpc) is 2.46. The molecular weight excluding hydrogens is 217 g/mol. The lowest BCUT2D eigenvalue weighted by molar-refractivity contribution is -0.121. The van der Waals surface area contributed by atoms with E-state index in [1.165, 1.54) is 6.07 Å². The molecule has 2 nitrogen and oxygen atoms in total. The van der Waals surface area contributed by atoms with Gasteiger partial charge in [-0.25, -0.2) is 4.39 Å². The van der Waals surface area contributed by atoms with Crippen molar-refractivity contribution in [2.24, 2.45) is 0 Å². The van der Waals surface area contributed by atoms with Crippen LogP contribution in [0.25, 0.3) is 0 Å². The summed E-state index contributed by atoms with van der Waals surface area (Å²) >= 11 is 0. The summed E-state index contributed by atoms with van der Waals surface area (Å²) in [5.41, 5.74) is 1.56.